The number of ether oxygens (including phenoxy) is 1. The van der Waals surface area contributed by atoms with Crippen LogP contribution in [0.2, 0.25) is 0 Å². The maximum absolute atomic E-state index is 14.8. The number of rotatable bonds is 7. The van der Waals surface area contributed by atoms with Gasteiger partial charge in [0.25, 0.3) is 5.91 Å². The standard InChI is InChI=1S/C25H23FN6O3/c1-2-35-19-9-10-21(27-14-19)24-30-29-23(32(24)22-8-4-3-7-20(22)26)17-12-18(13-17)28-25(33)16-6-5-11-31(34)15-16/h3-11,14-15,17-18H,2,12-13H2,1H3,(H,28,33)/t17-,18-. The van der Waals surface area contributed by atoms with E-state index in [1.807, 2.05) is 6.92 Å². The van der Waals surface area contributed by atoms with Gasteiger partial charge in [0.05, 0.1) is 18.5 Å². The summed E-state index contributed by atoms with van der Waals surface area (Å²) in [6.07, 6.45) is 5.38. The van der Waals surface area contributed by atoms with E-state index in [4.69, 9.17) is 4.74 Å². The molecule has 0 unspecified atom stereocenters. The highest BCUT2D eigenvalue weighted by molar-refractivity contribution is 5.93. The molecule has 0 atom stereocenters. The van der Waals surface area contributed by atoms with Gasteiger partial charge in [0, 0.05) is 18.0 Å². The van der Waals surface area contributed by atoms with Gasteiger partial charge in [-0.3, -0.25) is 9.36 Å². The minimum absolute atomic E-state index is 0.0379. The lowest BCUT2D eigenvalue weighted by Crippen LogP contribution is -2.44. The van der Waals surface area contributed by atoms with E-state index in [1.54, 1.807) is 47.2 Å². The van der Waals surface area contributed by atoms with Gasteiger partial charge in [-0.25, -0.2) is 9.37 Å². The summed E-state index contributed by atoms with van der Waals surface area (Å²) in [7, 11) is 0. The number of nitrogens with one attached hydrogen (secondary N) is 1. The number of amides is 1. The van der Waals surface area contributed by atoms with E-state index < -0.39 is 5.82 Å². The monoisotopic (exact) mass is 474 g/mol. The zero-order valence-corrected chi connectivity index (χ0v) is 19.0. The Morgan fingerprint density at radius 1 is 1.20 bits per heavy atom. The highest BCUT2D eigenvalue weighted by Gasteiger charge is 2.36. The molecule has 0 aliphatic heterocycles. The summed E-state index contributed by atoms with van der Waals surface area (Å²) in [5.74, 6) is 0.901. The lowest BCUT2D eigenvalue weighted by Gasteiger charge is -2.35. The first-order chi connectivity index (χ1) is 17.0. The molecule has 1 aromatic carbocycles. The molecule has 1 N–H and O–H groups in total. The van der Waals surface area contributed by atoms with E-state index in [1.165, 1.54) is 24.5 Å². The molecule has 1 aliphatic carbocycles. The Kier molecular flexibility index (Phi) is 6.09. The van der Waals surface area contributed by atoms with Crippen LogP contribution in [0.1, 0.15) is 41.9 Å². The average Bonchev–Trinajstić information content (AvgIpc) is 3.26. The number of hydrogen-bond donors (Lipinski definition) is 1. The maximum atomic E-state index is 14.8. The van der Waals surface area contributed by atoms with Gasteiger partial charge in [0.1, 0.15) is 28.6 Å². The van der Waals surface area contributed by atoms with Crippen molar-refractivity contribution in [1.82, 2.24) is 25.1 Å². The zero-order valence-electron chi connectivity index (χ0n) is 19.0. The average molecular weight is 474 g/mol. The third-order valence-electron chi connectivity index (χ3n) is 5.93. The molecule has 0 spiro atoms. The van der Waals surface area contributed by atoms with E-state index in [-0.39, 0.29) is 17.9 Å². The molecule has 35 heavy (non-hydrogen) atoms. The van der Waals surface area contributed by atoms with Crippen LogP contribution in [0.3, 0.4) is 0 Å². The summed E-state index contributed by atoms with van der Waals surface area (Å²) >= 11 is 0. The molecule has 10 heteroatoms. The number of hydrogen-bond acceptors (Lipinski definition) is 6. The molecule has 4 aromatic rings. The van der Waals surface area contributed by atoms with Crippen molar-refractivity contribution < 1.29 is 18.7 Å². The van der Waals surface area contributed by atoms with Crippen molar-refractivity contribution in [2.24, 2.45) is 0 Å². The van der Waals surface area contributed by atoms with Crippen molar-refractivity contribution in [2.45, 2.75) is 31.7 Å². The van der Waals surface area contributed by atoms with Gasteiger partial charge in [-0.2, -0.15) is 4.73 Å². The van der Waals surface area contributed by atoms with Crippen LogP contribution in [0, 0.1) is 11.0 Å². The predicted molar refractivity (Wildman–Crippen MR) is 124 cm³/mol. The van der Waals surface area contributed by atoms with Crippen LogP contribution in [-0.4, -0.2) is 38.3 Å². The second-order valence-electron chi connectivity index (χ2n) is 8.27. The molecule has 9 nitrogen and oxygen atoms in total. The van der Waals surface area contributed by atoms with Crippen LogP contribution in [0.25, 0.3) is 17.2 Å². The summed E-state index contributed by atoms with van der Waals surface area (Å²) in [4.78, 5) is 16.9. The third-order valence-corrected chi connectivity index (χ3v) is 5.93. The fourth-order valence-corrected chi connectivity index (χ4v) is 4.17. The number of halogens is 1. The molecule has 0 saturated heterocycles. The van der Waals surface area contributed by atoms with Crippen LogP contribution in [0.5, 0.6) is 5.75 Å². The van der Waals surface area contributed by atoms with Crippen molar-refractivity contribution in [2.75, 3.05) is 6.61 Å². The summed E-state index contributed by atoms with van der Waals surface area (Å²) in [6, 6.07) is 13.0. The minimum Gasteiger partial charge on any atom is -0.619 e. The van der Waals surface area contributed by atoms with Crippen LogP contribution in [0.4, 0.5) is 4.39 Å². The van der Waals surface area contributed by atoms with Gasteiger partial charge in [-0.05, 0) is 50.1 Å². The molecule has 3 heterocycles. The molecule has 1 fully saturated rings. The number of pyridine rings is 2. The van der Waals surface area contributed by atoms with Crippen molar-refractivity contribution in [3.8, 4) is 23.0 Å². The molecule has 0 bridgehead atoms. The van der Waals surface area contributed by atoms with Crippen LogP contribution >= 0.6 is 0 Å². The smallest absolute Gasteiger partial charge is 0.257 e. The third kappa shape index (κ3) is 4.54. The molecule has 1 saturated carbocycles. The Morgan fingerprint density at radius 2 is 2.03 bits per heavy atom. The largest absolute Gasteiger partial charge is 0.619 e. The predicted octanol–water partition coefficient (Wildman–Crippen LogP) is 3.18. The number of carbonyl (C=O) groups excluding carboxylic acids is 1. The zero-order chi connectivity index (χ0) is 24.4. The highest BCUT2D eigenvalue weighted by atomic mass is 19.1. The number of benzene rings is 1. The molecule has 1 amide bonds. The second-order valence-corrected chi connectivity index (χ2v) is 8.27. The topological polar surface area (TPSA) is 109 Å². The molecular formula is C25H23FN6O3. The van der Waals surface area contributed by atoms with Gasteiger partial charge in [-0.1, -0.05) is 12.1 Å². The van der Waals surface area contributed by atoms with Crippen LogP contribution in [-0.2, 0) is 0 Å². The SMILES string of the molecule is CCOc1ccc(-c2nnc([C@H]3C[C@H](NC(=O)c4ccc[n+]([O-])c4)C3)n2-c2ccccc2F)nc1. The first-order valence-corrected chi connectivity index (χ1v) is 11.3. The van der Waals surface area contributed by atoms with Crippen LogP contribution in [0.15, 0.2) is 67.1 Å². The Balaban J connectivity index is 1.40. The van der Waals surface area contributed by atoms with Gasteiger partial charge >= 0.3 is 0 Å². The van der Waals surface area contributed by atoms with E-state index in [9.17, 15) is 14.4 Å². The van der Waals surface area contributed by atoms with E-state index in [0.29, 0.717) is 58.5 Å². The fourth-order valence-electron chi connectivity index (χ4n) is 4.17. The summed E-state index contributed by atoms with van der Waals surface area (Å²) < 4.78 is 22.6. The fraction of sp³-hybridized carbons (Fsp3) is 0.240. The lowest BCUT2D eigenvalue weighted by atomic mass is 9.79. The Bertz CT molecular complexity index is 1350. The number of aromatic nitrogens is 5. The molecule has 0 radical (unpaired) electrons. The Morgan fingerprint density at radius 3 is 2.74 bits per heavy atom. The van der Waals surface area contributed by atoms with E-state index in [2.05, 4.69) is 20.5 Å². The van der Waals surface area contributed by atoms with Gasteiger partial charge in [0.2, 0.25) is 0 Å². The number of nitrogens with zero attached hydrogens (tertiary/aromatic N) is 5. The van der Waals surface area contributed by atoms with Crippen molar-refractivity contribution >= 4 is 5.91 Å². The first kappa shape index (κ1) is 22.5. The van der Waals surface area contributed by atoms with Gasteiger partial charge in [-0.15, -0.1) is 10.2 Å². The van der Waals surface area contributed by atoms with Crippen LogP contribution < -0.4 is 14.8 Å². The van der Waals surface area contributed by atoms with Crippen molar-refractivity contribution in [3.05, 3.63) is 89.5 Å². The summed E-state index contributed by atoms with van der Waals surface area (Å²) in [5, 5.41) is 23.1. The molecular weight excluding hydrogens is 451 g/mol. The lowest BCUT2D eigenvalue weighted by molar-refractivity contribution is -0.605. The van der Waals surface area contributed by atoms with Crippen molar-refractivity contribution in [3.63, 3.8) is 0 Å². The van der Waals surface area contributed by atoms with Crippen molar-refractivity contribution in [1.29, 1.82) is 0 Å². The Hall–Kier alpha value is -4.34. The minimum atomic E-state index is -0.403. The quantitative estimate of drug-likeness (QED) is 0.326. The number of para-hydroxylation sites is 1. The van der Waals surface area contributed by atoms with E-state index >= 15 is 0 Å². The Labute approximate surface area is 200 Å². The normalized spacial score (nSPS) is 17.0. The molecule has 3 aromatic heterocycles. The van der Waals surface area contributed by atoms with Gasteiger partial charge < -0.3 is 15.3 Å². The second kappa shape index (κ2) is 9.49. The summed E-state index contributed by atoms with van der Waals surface area (Å²) in [5.41, 5.74) is 1.16. The first-order valence-electron chi connectivity index (χ1n) is 11.3. The van der Waals surface area contributed by atoms with Gasteiger partial charge in [0.15, 0.2) is 18.2 Å². The maximum Gasteiger partial charge on any atom is 0.257 e. The molecule has 1 aliphatic rings. The van der Waals surface area contributed by atoms with E-state index in [0.717, 1.165) is 0 Å². The summed E-state index contributed by atoms with van der Waals surface area (Å²) in [6.45, 7) is 2.42. The number of carbonyl (C=O) groups is 1. The molecule has 5 rings (SSSR count). The highest BCUT2D eigenvalue weighted by Crippen LogP contribution is 2.39. The molecule has 178 valence electrons.